The summed E-state index contributed by atoms with van der Waals surface area (Å²) in [6.07, 6.45) is 2.12. The molecule has 0 saturated heterocycles. The van der Waals surface area contributed by atoms with Crippen LogP contribution in [0.25, 0.3) is 0 Å². The molecule has 0 radical (unpaired) electrons. The second-order valence-corrected chi connectivity index (χ2v) is 2.13. The molecule has 0 aromatic heterocycles. The first-order valence-electron chi connectivity index (χ1n) is 2.72. The Bertz CT molecular complexity index is 197. The van der Waals surface area contributed by atoms with E-state index in [9.17, 15) is 9.36 Å². The predicted octanol–water partition coefficient (Wildman–Crippen LogP) is 1.41. The van der Waals surface area contributed by atoms with Gasteiger partial charge in [0.1, 0.15) is 6.61 Å². The van der Waals surface area contributed by atoms with Crippen LogP contribution >= 0.6 is 8.46 Å². The van der Waals surface area contributed by atoms with Gasteiger partial charge in [0.05, 0.1) is 0 Å². The van der Waals surface area contributed by atoms with Crippen molar-refractivity contribution in [3.63, 3.8) is 0 Å². The normalized spacial score (nSPS) is 11.1. The molecule has 0 heterocycles. The molecular formula is C6H7O4P. The standard InChI is InChI=1S/C6H7O4P/c1-2-5(7)10-4-3-6(8)11-9/h2-3,8H,1,4H2. The van der Waals surface area contributed by atoms with Crippen LogP contribution in [0, 0.1) is 0 Å². The van der Waals surface area contributed by atoms with Crippen LogP contribution in [0.5, 0.6) is 0 Å². The first kappa shape index (κ1) is 9.85. The van der Waals surface area contributed by atoms with Gasteiger partial charge in [0.25, 0.3) is 0 Å². The van der Waals surface area contributed by atoms with E-state index in [1.807, 2.05) is 0 Å². The molecule has 0 spiro atoms. The fourth-order valence-corrected chi connectivity index (χ4v) is 0.444. The number of esters is 1. The SMILES string of the molecule is C=CC(=O)OCC=C(O)P=O. The van der Waals surface area contributed by atoms with Crippen molar-refractivity contribution in [1.29, 1.82) is 0 Å². The fraction of sp³-hybridized carbons (Fsp3) is 0.167. The second kappa shape index (κ2) is 5.62. The molecule has 60 valence electrons. The van der Waals surface area contributed by atoms with E-state index in [1.54, 1.807) is 0 Å². The van der Waals surface area contributed by atoms with E-state index in [2.05, 4.69) is 11.3 Å². The van der Waals surface area contributed by atoms with E-state index in [4.69, 9.17) is 5.11 Å². The lowest BCUT2D eigenvalue weighted by atomic mass is 10.6. The highest BCUT2D eigenvalue weighted by molar-refractivity contribution is 7.28. The van der Waals surface area contributed by atoms with Gasteiger partial charge in [-0.15, -0.1) is 0 Å². The van der Waals surface area contributed by atoms with Crippen molar-refractivity contribution < 1.29 is 19.2 Å². The number of hydrogen-bond acceptors (Lipinski definition) is 4. The van der Waals surface area contributed by atoms with Crippen LogP contribution in [-0.4, -0.2) is 17.7 Å². The highest BCUT2D eigenvalue weighted by Crippen LogP contribution is 2.05. The van der Waals surface area contributed by atoms with E-state index in [0.29, 0.717) is 0 Å². The smallest absolute Gasteiger partial charge is 0.330 e. The minimum absolute atomic E-state index is 0.105. The number of carbonyl (C=O) groups excluding carboxylic acids is 1. The molecular weight excluding hydrogens is 167 g/mol. The molecule has 0 atom stereocenters. The van der Waals surface area contributed by atoms with Gasteiger partial charge in [-0.2, -0.15) is 0 Å². The minimum atomic E-state index is -0.586. The quantitative estimate of drug-likeness (QED) is 0.303. The average molecular weight is 174 g/mol. The Kier molecular flexibility index (Phi) is 5.03. The Morgan fingerprint density at radius 1 is 1.73 bits per heavy atom. The molecule has 0 rings (SSSR count). The van der Waals surface area contributed by atoms with Crippen LogP contribution in [0.1, 0.15) is 0 Å². The molecule has 0 aromatic rings. The molecule has 0 amide bonds. The van der Waals surface area contributed by atoms with Crippen molar-refractivity contribution in [2.24, 2.45) is 0 Å². The number of ether oxygens (including phenoxy) is 1. The van der Waals surface area contributed by atoms with Crippen LogP contribution < -0.4 is 0 Å². The number of hydrogen-bond donors (Lipinski definition) is 1. The van der Waals surface area contributed by atoms with Gasteiger partial charge in [-0.05, 0) is 0 Å². The predicted molar refractivity (Wildman–Crippen MR) is 39.5 cm³/mol. The highest BCUT2D eigenvalue weighted by Gasteiger charge is 1.93. The van der Waals surface area contributed by atoms with Crippen LogP contribution in [0.4, 0.5) is 0 Å². The molecule has 0 aliphatic heterocycles. The Morgan fingerprint density at radius 2 is 2.36 bits per heavy atom. The molecule has 5 heteroatoms. The van der Waals surface area contributed by atoms with Crippen molar-refractivity contribution in [1.82, 2.24) is 0 Å². The molecule has 4 nitrogen and oxygen atoms in total. The van der Waals surface area contributed by atoms with Crippen molar-refractivity contribution >= 4 is 14.4 Å². The number of carbonyl (C=O) groups is 1. The topological polar surface area (TPSA) is 63.6 Å². The summed E-state index contributed by atoms with van der Waals surface area (Å²) in [6.45, 7) is 3.05. The Morgan fingerprint density at radius 3 is 2.82 bits per heavy atom. The molecule has 0 bridgehead atoms. The van der Waals surface area contributed by atoms with Gasteiger partial charge in [0, 0.05) is 12.2 Å². The van der Waals surface area contributed by atoms with Gasteiger partial charge in [0.15, 0.2) is 5.50 Å². The minimum Gasteiger partial charge on any atom is -0.501 e. The average Bonchev–Trinajstić information content (AvgIpc) is 2.04. The summed E-state index contributed by atoms with van der Waals surface area (Å²) in [5, 5.41) is 8.56. The van der Waals surface area contributed by atoms with Crippen LogP contribution in [-0.2, 0) is 14.1 Å². The van der Waals surface area contributed by atoms with Crippen LogP contribution in [0.2, 0.25) is 0 Å². The first-order chi connectivity index (χ1) is 5.20. The summed E-state index contributed by atoms with van der Waals surface area (Å²) in [6, 6.07) is 0. The van der Waals surface area contributed by atoms with Gasteiger partial charge in [-0.1, -0.05) is 6.58 Å². The zero-order valence-corrected chi connectivity index (χ0v) is 6.58. The molecule has 0 aliphatic carbocycles. The van der Waals surface area contributed by atoms with Crippen molar-refractivity contribution in [2.45, 2.75) is 0 Å². The lowest BCUT2D eigenvalue weighted by Crippen LogP contribution is -1.99. The second-order valence-electron chi connectivity index (χ2n) is 1.49. The van der Waals surface area contributed by atoms with Crippen molar-refractivity contribution in [3.05, 3.63) is 24.2 Å². The van der Waals surface area contributed by atoms with E-state index in [1.165, 1.54) is 0 Å². The largest absolute Gasteiger partial charge is 0.501 e. The van der Waals surface area contributed by atoms with Gasteiger partial charge < -0.3 is 9.84 Å². The Balaban J connectivity index is 3.64. The number of aliphatic hydroxyl groups is 1. The molecule has 11 heavy (non-hydrogen) atoms. The van der Waals surface area contributed by atoms with Crippen LogP contribution in [0.3, 0.4) is 0 Å². The fourth-order valence-electron chi connectivity index (χ4n) is 0.295. The van der Waals surface area contributed by atoms with E-state index in [-0.39, 0.29) is 12.1 Å². The van der Waals surface area contributed by atoms with Gasteiger partial charge in [-0.25, -0.2) is 4.79 Å². The summed E-state index contributed by atoms with van der Waals surface area (Å²) in [7, 11) is -0.491. The summed E-state index contributed by atoms with van der Waals surface area (Å²) in [5.41, 5.74) is -0.359. The Hall–Kier alpha value is -1.15. The van der Waals surface area contributed by atoms with Gasteiger partial charge in [-0.3, -0.25) is 4.57 Å². The molecule has 0 unspecified atom stereocenters. The molecule has 1 N–H and O–H groups in total. The third kappa shape index (κ3) is 5.30. The molecule has 0 aliphatic rings. The Labute approximate surface area is 65.4 Å². The zero-order valence-electron chi connectivity index (χ0n) is 5.69. The van der Waals surface area contributed by atoms with Gasteiger partial charge >= 0.3 is 5.97 Å². The molecule has 0 saturated carbocycles. The first-order valence-corrected chi connectivity index (χ1v) is 3.53. The van der Waals surface area contributed by atoms with Crippen molar-refractivity contribution in [3.8, 4) is 0 Å². The third-order valence-corrected chi connectivity index (χ3v) is 1.12. The zero-order chi connectivity index (χ0) is 8.69. The van der Waals surface area contributed by atoms with E-state index < -0.39 is 14.4 Å². The lowest BCUT2D eigenvalue weighted by molar-refractivity contribution is -0.136. The van der Waals surface area contributed by atoms with Gasteiger partial charge in [0.2, 0.25) is 8.46 Å². The third-order valence-electron chi connectivity index (χ3n) is 0.752. The summed E-state index contributed by atoms with van der Waals surface area (Å²) in [4.78, 5) is 10.4. The van der Waals surface area contributed by atoms with Crippen molar-refractivity contribution in [2.75, 3.05) is 6.61 Å². The van der Waals surface area contributed by atoms with Crippen LogP contribution in [0.15, 0.2) is 24.2 Å². The number of aliphatic hydroxyl groups excluding tert-OH is 1. The van der Waals surface area contributed by atoms with E-state index in [0.717, 1.165) is 12.2 Å². The maximum absolute atomic E-state index is 10.4. The summed E-state index contributed by atoms with van der Waals surface area (Å²) >= 11 is 0. The maximum Gasteiger partial charge on any atom is 0.330 e. The number of rotatable bonds is 4. The van der Waals surface area contributed by atoms with E-state index >= 15 is 0 Å². The maximum atomic E-state index is 10.4. The molecule has 0 fully saturated rings. The molecule has 0 aromatic carbocycles. The summed E-state index contributed by atoms with van der Waals surface area (Å²) in [5.74, 6) is -0.586. The highest BCUT2D eigenvalue weighted by atomic mass is 31.1. The lowest BCUT2D eigenvalue weighted by Gasteiger charge is -1.94. The summed E-state index contributed by atoms with van der Waals surface area (Å²) < 4.78 is 14.3. The monoisotopic (exact) mass is 174 g/mol.